The Morgan fingerprint density at radius 3 is 2.53 bits per heavy atom. The fourth-order valence-corrected chi connectivity index (χ4v) is 2.66. The predicted molar refractivity (Wildman–Crippen MR) is 64.5 cm³/mol. The van der Waals surface area contributed by atoms with Gasteiger partial charge in [0.1, 0.15) is 0 Å². The second kappa shape index (κ2) is 5.04. The summed E-state index contributed by atoms with van der Waals surface area (Å²) in [7, 11) is 0. The lowest BCUT2D eigenvalue weighted by Crippen LogP contribution is -2.57. The average molecular weight is 239 g/mol. The van der Waals surface area contributed by atoms with E-state index < -0.39 is 0 Å². The molecule has 17 heavy (non-hydrogen) atoms. The van der Waals surface area contributed by atoms with E-state index in [1.807, 2.05) is 4.90 Å². The molecule has 2 aliphatic rings. The first-order valence-electron chi connectivity index (χ1n) is 6.38. The predicted octanol–water partition coefficient (Wildman–Crippen LogP) is -0.182. The molecule has 2 heterocycles. The van der Waals surface area contributed by atoms with Crippen LogP contribution in [0.5, 0.6) is 0 Å². The van der Waals surface area contributed by atoms with Crippen LogP contribution >= 0.6 is 0 Å². The molecule has 0 aromatic heterocycles. The first-order valence-corrected chi connectivity index (χ1v) is 6.38. The van der Waals surface area contributed by atoms with Crippen LogP contribution in [0, 0.1) is 0 Å². The van der Waals surface area contributed by atoms with Gasteiger partial charge in [0.05, 0.1) is 6.54 Å². The SMILES string of the molecule is CC1CN(C(=O)CN2CCCC2=O)CC(C)N1. The Balaban J connectivity index is 1.88. The zero-order valence-electron chi connectivity index (χ0n) is 10.6. The minimum absolute atomic E-state index is 0.0837. The molecule has 2 fully saturated rings. The van der Waals surface area contributed by atoms with E-state index in [1.54, 1.807) is 4.90 Å². The number of hydrogen-bond acceptors (Lipinski definition) is 3. The molecule has 0 saturated carbocycles. The molecular weight excluding hydrogens is 218 g/mol. The van der Waals surface area contributed by atoms with Crippen LogP contribution in [0.25, 0.3) is 0 Å². The molecule has 2 atom stereocenters. The van der Waals surface area contributed by atoms with Crippen molar-refractivity contribution in [3.8, 4) is 0 Å². The molecule has 0 aromatic rings. The number of amides is 2. The fraction of sp³-hybridized carbons (Fsp3) is 0.833. The topological polar surface area (TPSA) is 52.7 Å². The zero-order chi connectivity index (χ0) is 12.4. The van der Waals surface area contributed by atoms with Gasteiger partial charge in [-0.2, -0.15) is 0 Å². The van der Waals surface area contributed by atoms with E-state index in [4.69, 9.17) is 0 Å². The number of nitrogens with one attached hydrogen (secondary N) is 1. The molecule has 2 saturated heterocycles. The summed E-state index contributed by atoms with van der Waals surface area (Å²) in [5.74, 6) is 0.204. The number of hydrogen-bond donors (Lipinski definition) is 1. The van der Waals surface area contributed by atoms with Gasteiger partial charge in [-0.1, -0.05) is 0 Å². The molecule has 0 aromatic carbocycles. The Hall–Kier alpha value is -1.10. The molecule has 0 spiro atoms. The van der Waals surface area contributed by atoms with Gasteiger partial charge in [-0.15, -0.1) is 0 Å². The molecule has 2 unspecified atom stereocenters. The van der Waals surface area contributed by atoms with Gasteiger partial charge in [0.15, 0.2) is 0 Å². The third-order valence-corrected chi connectivity index (χ3v) is 3.41. The van der Waals surface area contributed by atoms with E-state index in [0.29, 0.717) is 18.5 Å². The summed E-state index contributed by atoms with van der Waals surface area (Å²) < 4.78 is 0. The van der Waals surface area contributed by atoms with E-state index >= 15 is 0 Å². The van der Waals surface area contributed by atoms with Crippen LogP contribution in [0.3, 0.4) is 0 Å². The third kappa shape index (κ3) is 2.97. The Morgan fingerprint density at radius 1 is 1.35 bits per heavy atom. The van der Waals surface area contributed by atoms with E-state index in [0.717, 1.165) is 26.1 Å². The molecule has 1 N–H and O–H groups in total. The van der Waals surface area contributed by atoms with Crippen molar-refractivity contribution in [1.29, 1.82) is 0 Å². The van der Waals surface area contributed by atoms with Gasteiger partial charge in [-0.25, -0.2) is 0 Å². The van der Waals surface area contributed by atoms with Crippen molar-refractivity contribution in [2.24, 2.45) is 0 Å². The van der Waals surface area contributed by atoms with E-state index in [2.05, 4.69) is 19.2 Å². The molecule has 0 bridgehead atoms. The molecular formula is C12H21N3O2. The molecule has 5 nitrogen and oxygen atoms in total. The third-order valence-electron chi connectivity index (χ3n) is 3.41. The van der Waals surface area contributed by atoms with Crippen molar-refractivity contribution >= 4 is 11.8 Å². The van der Waals surface area contributed by atoms with Gasteiger partial charge in [0.2, 0.25) is 11.8 Å². The minimum Gasteiger partial charge on any atom is -0.338 e. The van der Waals surface area contributed by atoms with Crippen LogP contribution in [0.15, 0.2) is 0 Å². The summed E-state index contributed by atoms with van der Waals surface area (Å²) in [6.45, 7) is 6.64. The van der Waals surface area contributed by atoms with Crippen LogP contribution < -0.4 is 5.32 Å². The maximum absolute atomic E-state index is 12.1. The van der Waals surface area contributed by atoms with Gasteiger partial charge >= 0.3 is 0 Å². The highest BCUT2D eigenvalue weighted by molar-refractivity contribution is 5.86. The number of likely N-dealkylation sites (tertiary alicyclic amines) is 1. The summed E-state index contributed by atoms with van der Waals surface area (Å²) in [5, 5.41) is 3.39. The maximum atomic E-state index is 12.1. The lowest BCUT2D eigenvalue weighted by molar-refractivity contribution is -0.139. The lowest BCUT2D eigenvalue weighted by Gasteiger charge is -2.36. The standard InChI is InChI=1S/C12H21N3O2/c1-9-6-15(7-10(2)13-9)12(17)8-14-5-3-4-11(14)16/h9-10,13H,3-8H2,1-2H3. The van der Waals surface area contributed by atoms with Crippen LogP contribution in [0.4, 0.5) is 0 Å². The smallest absolute Gasteiger partial charge is 0.242 e. The maximum Gasteiger partial charge on any atom is 0.242 e. The molecule has 96 valence electrons. The number of nitrogens with zero attached hydrogens (tertiary/aromatic N) is 2. The Morgan fingerprint density at radius 2 is 2.00 bits per heavy atom. The largest absolute Gasteiger partial charge is 0.338 e. The van der Waals surface area contributed by atoms with Gasteiger partial charge in [0.25, 0.3) is 0 Å². The Kier molecular flexibility index (Phi) is 3.66. The quantitative estimate of drug-likeness (QED) is 0.727. The minimum atomic E-state index is 0.0837. The van der Waals surface area contributed by atoms with Crippen molar-refractivity contribution in [3.05, 3.63) is 0 Å². The molecule has 2 rings (SSSR count). The van der Waals surface area contributed by atoms with Gasteiger partial charge in [-0.05, 0) is 20.3 Å². The van der Waals surface area contributed by atoms with E-state index in [-0.39, 0.29) is 18.4 Å². The Labute approximate surface area is 102 Å². The average Bonchev–Trinajstić information content (AvgIpc) is 2.63. The molecule has 2 aliphatic heterocycles. The number of piperazine rings is 1. The lowest BCUT2D eigenvalue weighted by atomic mass is 10.1. The van der Waals surface area contributed by atoms with Gasteiger partial charge in [-0.3, -0.25) is 9.59 Å². The summed E-state index contributed by atoms with van der Waals surface area (Å²) in [6.07, 6.45) is 1.49. The highest BCUT2D eigenvalue weighted by atomic mass is 16.2. The highest BCUT2D eigenvalue weighted by Gasteiger charge is 2.28. The van der Waals surface area contributed by atoms with E-state index in [1.165, 1.54) is 0 Å². The molecule has 2 amide bonds. The summed E-state index contributed by atoms with van der Waals surface area (Å²) in [6, 6.07) is 0.661. The zero-order valence-corrected chi connectivity index (χ0v) is 10.6. The molecule has 0 radical (unpaired) electrons. The van der Waals surface area contributed by atoms with Crippen LogP contribution in [0.1, 0.15) is 26.7 Å². The Bertz CT molecular complexity index is 309. The summed E-state index contributed by atoms with van der Waals surface area (Å²) in [5.41, 5.74) is 0. The fourth-order valence-electron chi connectivity index (χ4n) is 2.66. The van der Waals surface area contributed by atoms with Crippen molar-refractivity contribution in [1.82, 2.24) is 15.1 Å². The monoisotopic (exact) mass is 239 g/mol. The second-order valence-corrected chi connectivity index (χ2v) is 5.19. The van der Waals surface area contributed by atoms with Gasteiger partial charge < -0.3 is 15.1 Å². The highest BCUT2D eigenvalue weighted by Crippen LogP contribution is 2.11. The number of carbonyl (C=O) groups excluding carboxylic acids is 2. The number of rotatable bonds is 2. The first kappa shape index (κ1) is 12.4. The van der Waals surface area contributed by atoms with Crippen LogP contribution in [-0.2, 0) is 9.59 Å². The van der Waals surface area contributed by atoms with Gasteiger partial charge in [0, 0.05) is 38.1 Å². The van der Waals surface area contributed by atoms with Crippen LogP contribution in [-0.4, -0.2) is 59.9 Å². The summed E-state index contributed by atoms with van der Waals surface area (Å²) in [4.78, 5) is 27.1. The van der Waals surface area contributed by atoms with Crippen molar-refractivity contribution in [2.75, 3.05) is 26.2 Å². The molecule has 5 heteroatoms. The van der Waals surface area contributed by atoms with Crippen molar-refractivity contribution < 1.29 is 9.59 Å². The second-order valence-electron chi connectivity index (χ2n) is 5.19. The van der Waals surface area contributed by atoms with Crippen LogP contribution in [0.2, 0.25) is 0 Å². The van der Waals surface area contributed by atoms with E-state index in [9.17, 15) is 9.59 Å². The summed E-state index contributed by atoms with van der Waals surface area (Å²) >= 11 is 0. The normalized spacial score (nSPS) is 29.9. The van der Waals surface area contributed by atoms with Crippen molar-refractivity contribution in [3.63, 3.8) is 0 Å². The molecule has 0 aliphatic carbocycles. The number of carbonyl (C=O) groups is 2. The first-order chi connectivity index (χ1) is 8.06. The van der Waals surface area contributed by atoms with Crippen molar-refractivity contribution in [2.45, 2.75) is 38.8 Å².